The van der Waals surface area contributed by atoms with Gasteiger partial charge < -0.3 is 19.4 Å². The fourth-order valence-electron chi connectivity index (χ4n) is 4.26. The number of amides is 1. The highest BCUT2D eigenvalue weighted by atomic mass is 16.5. The molecule has 1 aromatic carbocycles. The van der Waals surface area contributed by atoms with Crippen LogP contribution in [0.5, 0.6) is 0 Å². The molecule has 1 unspecified atom stereocenters. The number of pyridine rings is 1. The molecule has 3 heterocycles. The summed E-state index contributed by atoms with van der Waals surface area (Å²) in [6.07, 6.45) is 4.32. The number of ether oxygens (including phenoxy) is 1. The third kappa shape index (κ3) is 5.11. The smallest absolute Gasteiger partial charge is 0.221 e. The number of hydrogen-bond donors (Lipinski definition) is 1. The van der Waals surface area contributed by atoms with Crippen molar-refractivity contribution in [3.63, 3.8) is 0 Å². The number of morpholine rings is 1. The van der Waals surface area contributed by atoms with E-state index in [0.29, 0.717) is 13.0 Å². The summed E-state index contributed by atoms with van der Waals surface area (Å²) in [7, 11) is 4.06. The molecule has 1 aliphatic rings. The van der Waals surface area contributed by atoms with Gasteiger partial charge in [0.2, 0.25) is 5.91 Å². The number of carbonyl (C=O) groups excluding carboxylic acids is 1. The lowest BCUT2D eigenvalue weighted by Crippen LogP contribution is -2.41. The molecular weight excluding hydrogens is 402 g/mol. The van der Waals surface area contributed by atoms with Gasteiger partial charge in [0.1, 0.15) is 5.65 Å². The van der Waals surface area contributed by atoms with Crippen LogP contribution in [0.25, 0.3) is 5.65 Å². The van der Waals surface area contributed by atoms with Crippen molar-refractivity contribution in [1.82, 2.24) is 19.6 Å². The highest BCUT2D eigenvalue weighted by molar-refractivity contribution is 5.77. The Kier molecular flexibility index (Phi) is 7.07. The Morgan fingerprint density at radius 2 is 1.94 bits per heavy atom. The molecule has 3 aromatic rings. The minimum absolute atomic E-state index is 0.0579. The third-order valence-corrected chi connectivity index (χ3v) is 6.17. The van der Waals surface area contributed by atoms with E-state index in [1.54, 1.807) is 0 Å². The molecule has 1 fully saturated rings. The molecule has 0 spiro atoms. The Balaban J connectivity index is 1.53. The van der Waals surface area contributed by atoms with Crippen LogP contribution < -0.4 is 10.2 Å². The molecule has 0 saturated carbocycles. The van der Waals surface area contributed by atoms with E-state index in [4.69, 9.17) is 4.74 Å². The van der Waals surface area contributed by atoms with Crippen LogP contribution in [0.15, 0.2) is 48.8 Å². The maximum Gasteiger partial charge on any atom is 0.221 e. The molecule has 0 radical (unpaired) electrons. The van der Waals surface area contributed by atoms with Crippen molar-refractivity contribution in [1.29, 1.82) is 0 Å². The number of carbonyl (C=O) groups is 1. The first kappa shape index (κ1) is 22.3. The second-order valence-electron chi connectivity index (χ2n) is 8.61. The summed E-state index contributed by atoms with van der Waals surface area (Å²) in [5.74, 6) is -0.0195. The zero-order chi connectivity index (χ0) is 22.5. The standard InChI is InChI=1S/C25H33N5O2/c1-19-5-4-11-30-23(18-27-25(19)30)22(20-6-8-21(9-7-20)28(2)3)17-24(31)26-10-12-29-13-15-32-16-14-29/h4-9,11,18,22H,10,12-17H2,1-3H3,(H,26,31). The van der Waals surface area contributed by atoms with Crippen molar-refractivity contribution in [2.24, 2.45) is 0 Å². The van der Waals surface area contributed by atoms with Crippen LogP contribution in [0.4, 0.5) is 5.69 Å². The van der Waals surface area contributed by atoms with Crippen molar-refractivity contribution < 1.29 is 9.53 Å². The van der Waals surface area contributed by atoms with E-state index in [-0.39, 0.29) is 11.8 Å². The molecular formula is C25H33N5O2. The van der Waals surface area contributed by atoms with Crippen LogP contribution in [0.3, 0.4) is 0 Å². The molecule has 0 aliphatic carbocycles. The minimum atomic E-state index is -0.0774. The maximum absolute atomic E-state index is 12.9. The van der Waals surface area contributed by atoms with Gasteiger partial charge >= 0.3 is 0 Å². The first-order valence-corrected chi connectivity index (χ1v) is 11.3. The Morgan fingerprint density at radius 1 is 1.19 bits per heavy atom. The van der Waals surface area contributed by atoms with Gasteiger partial charge in [0.25, 0.3) is 0 Å². The lowest BCUT2D eigenvalue weighted by Gasteiger charge is -2.26. The molecule has 1 atom stereocenters. The number of fused-ring (bicyclic) bond motifs is 1. The predicted octanol–water partition coefficient (Wildman–Crippen LogP) is 2.68. The van der Waals surface area contributed by atoms with E-state index in [0.717, 1.165) is 61.0 Å². The average Bonchev–Trinajstić information content (AvgIpc) is 3.23. The van der Waals surface area contributed by atoms with Crippen LogP contribution in [-0.2, 0) is 9.53 Å². The van der Waals surface area contributed by atoms with Crippen LogP contribution in [0, 0.1) is 6.92 Å². The molecule has 0 bridgehead atoms. The van der Waals surface area contributed by atoms with Crippen LogP contribution >= 0.6 is 0 Å². The third-order valence-electron chi connectivity index (χ3n) is 6.17. The fraction of sp³-hybridized carbons (Fsp3) is 0.440. The SMILES string of the molecule is Cc1cccn2c(C(CC(=O)NCCN3CCOCC3)c3ccc(N(C)C)cc3)cnc12. The largest absolute Gasteiger partial charge is 0.379 e. The second kappa shape index (κ2) is 10.1. The number of hydrogen-bond acceptors (Lipinski definition) is 5. The molecule has 1 N–H and O–H groups in total. The van der Waals surface area contributed by atoms with Crippen molar-refractivity contribution >= 4 is 17.2 Å². The molecule has 1 aliphatic heterocycles. The Hall–Kier alpha value is -2.90. The van der Waals surface area contributed by atoms with E-state index in [2.05, 4.69) is 61.8 Å². The maximum atomic E-state index is 12.9. The lowest BCUT2D eigenvalue weighted by molar-refractivity contribution is -0.121. The monoisotopic (exact) mass is 435 g/mol. The van der Waals surface area contributed by atoms with Gasteiger partial charge in [-0.15, -0.1) is 0 Å². The zero-order valence-corrected chi connectivity index (χ0v) is 19.3. The normalized spacial score (nSPS) is 15.6. The summed E-state index contributed by atoms with van der Waals surface area (Å²) >= 11 is 0. The van der Waals surface area contributed by atoms with Crippen LogP contribution in [0.1, 0.15) is 29.2 Å². The van der Waals surface area contributed by atoms with Crippen molar-refractivity contribution in [2.75, 3.05) is 58.4 Å². The van der Waals surface area contributed by atoms with Crippen molar-refractivity contribution in [2.45, 2.75) is 19.3 Å². The molecule has 7 nitrogen and oxygen atoms in total. The number of aryl methyl sites for hydroxylation is 1. The molecule has 7 heteroatoms. The quantitative estimate of drug-likeness (QED) is 0.590. The molecule has 1 amide bonds. The van der Waals surface area contributed by atoms with E-state index < -0.39 is 0 Å². The number of imidazole rings is 1. The van der Waals surface area contributed by atoms with Gasteiger partial charge in [-0.1, -0.05) is 18.2 Å². The first-order chi connectivity index (χ1) is 15.5. The Morgan fingerprint density at radius 3 is 2.66 bits per heavy atom. The average molecular weight is 436 g/mol. The summed E-state index contributed by atoms with van der Waals surface area (Å²) in [5.41, 5.74) is 5.34. The summed E-state index contributed by atoms with van der Waals surface area (Å²) in [6, 6.07) is 12.5. The lowest BCUT2D eigenvalue weighted by atomic mass is 9.92. The summed E-state index contributed by atoms with van der Waals surface area (Å²) in [6.45, 7) is 6.96. The molecule has 170 valence electrons. The molecule has 32 heavy (non-hydrogen) atoms. The Labute approximate surface area is 190 Å². The molecule has 4 rings (SSSR count). The second-order valence-corrected chi connectivity index (χ2v) is 8.61. The van der Waals surface area contributed by atoms with Crippen molar-refractivity contribution in [3.05, 3.63) is 65.6 Å². The van der Waals surface area contributed by atoms with Gasteiger partial charge in [-0.05, 0) is 36.2 Å². The van der Waals surface area contributed by atoms with Crippen LogP contribution in [-0.4, -0.2) is 73.7 Å². The summed E-state index contributed by atoms with van der Waals surface area (Å²) < 4.78 is 7.51. The van der Waals surface area contributed by atoms with E-state index >= 15 is 0 Å². The molecule has 2 aromatic heterocycles. The highest BCUT2D eigenvalue weighted by Crippen LogP contribution is 2.30. The number of nitrogens with zero attached hydrogens (tertiary/aromatic N) is 4. The number of aromatic nitrogens is 2. The fourth-order valence-corrected chi connectivity index (χ4v) is 4.26. The van der Waals surface area contributed by atoms with Gasteiger partial charge in [0.05, 0.1) is 18.9 Å². The van der Waals surface area contributed by atoms with E-state index in [9.17, 15) is 4.79 Å². The number of anilines is 1. The van der Waals surface area contributed by atoms with Gasteiger partial charge in [-0.25, -0.2) is 4.98 Å². The van der Waals surface area contributed by atoms with Gasteiger partial charge in [-0.3, -0.25) is 9.69 Å². The van der Waals surface area contributed by atoms with Gasteiger partial charge in [0.15, 0.2) is 0 Å². The first-order valence-electron chi connectivity index (χ1n) is 11.3. The highest BCUT2D eigenvalue weighted by Gasteiger charge is 2.22. The van der Waals surface area contributed by atoms with E-state index in [1.807, 2.05) is 32.6 Å². The van der Waals surface area contributed by atoms with E-state index in [1.165, 1.54) is 0 Å². The van der Waals surface area contributed by atoms with Crippen molar-refractivity contribution in [3.8, 4) is 0 Å². The van der Waals surface area contributed by atoms with Crippen LogP contribution in [0.2, 0.25) is 0 Å². The predicted molar refractivity (Wildman–Crippen MR) is 127 cm³/mol. The van der Waals surface area contributed by atoms with Gasteiger partial charge in [-0.2, -0.15) is 0 Å². The summed E-state index contributed by atoms with van der Waals surface area (Å²) in [4.78, 5) is 22.0. The number of nitrogens with one attached hydrogen (secondary N) is 1. The number of benzene rings is 1. The molecule has 1 saturated heterocycles. The Bertz CT molecular complexity index is 1040. The number of rotatable bonds is 8. The zero-order valence-electron chi connectivity index (χ0n) is 19.3. The topological polar surface area (TPSA) is 62.1 Å². The summed E-state index contributed by atoms with van der Waals surface area (Å²) in [5, 5.41) is 3.12. The minimum Gasteiger partial charge on any atom is -0.379 e. The van der Waals surface area contributed by atoms with Gasteiger partial charge in [0, 0.05) is 70.7 Å².